The predicted molar refractivity (Wildman–Crippen MR) is 321 cm³/mol. The first kappa shape index (κ1) is 52.6. The summed E-state index contributed by atoms with van der Waals surface area (Å²) < 4.78 is 12.2. The van der Waals surface area contributed by atoms with Gasteiger partial charge in [-0.2, -0.15) is 0 Å². The average molecular weight is 1070 g/mol. The second kappa shape index (κ2) is 24.1. The Morgan fingerprint density at radius 2 is 1.07 bits per heavy atom. The van der Waals surface area contributed by atoms with E-state index >= 15 is 0 Å². The number of rotatable bonds is 22. The molecule has 12 rings (SSSR count). The van der Waals surface area contributed by atoms with E-state index in [2.05, 4.69) is 128 Å². The van der Waals surface area contributed by atoms with Gasteiger partial charge in [0.25, 0.3) is 0 Å². The highest BCUT2D eigenvalue weighted by molar-refractivity contribution is 6.10. The van der Waals surface area contributed by atoms with Gasteiger partial charge in [-0.25, -0.2) is 9.97 Å². The number of anilines is 2. The molecule has 0 saturated carbocycles. The van der Waals surface area contributed by atoms with Crippen LogP contribution in [-0.2, 0) is 22.4 Å². The summed E-state index contributed by atoms with van der Waals surface area (Å²) in [6.45, 7) is 9.92. The van der Waals surface area contributed by atoms with Crippen LogP contribution in [0.1, 0.15) is 73.6 Å². The van der Waals surface area contributed by atoms with Gasteiger partial charge in [0.05, 0.1) is 58.1 Å². The molecule has 2 aromatic heterocycles. The molecule has 15 nitrogen and oxygen atoms in total. The van der Waals surface area contributed by atoms with Crippen molar-refractivity contribution in [3.05, 3.63) is 144 Å². The molecule has 410 valence electrons. The highest BCUT2D eigenvalue weighted by atomic mass is 16.5. The van der Waals surface area contributed by atoms with Crippen LogP contribution in [0.5, 0.6) is 11.5 Å². The van der Waals surface area contributed by atoms with Crippen LogP contribution >= 0.6 is 0 Å². The van der Waals surface area contributed by atoms with Crippen molar-refractivity contribution >= 4 is 67.9 Å². The highest BCUT2D eigenvalue weighted by Crippen LogP contribution is 2.37. The molecule has 6 heterocycles. The summed E-state index contributed by atoms with van der Waals surface area (Å²) in [5, 5.41) is 3.03. The van der Waals surface area contributed by atoms with Crippen LogP contribution in [0.15, 0.2) is 131 Å². The van der Waals surface area contributed by atoms with Gasteiger partial charge in [0.1, 0.15) is 28.9 Å². The molecule has 2 saturated heterocycles. The Morgan fingerprint density at radius 1 is 0.512 bits per heavy atom. The van der Waals surface area contributed by atoms with Crippen molar-refractivity contribution in [3.8, 4) is 34.3 Å². The number of hydrogen-bond donors (Lipinski definition) is 3. The number of imidazole rings is 2. The van der Waals surface area contributed by atoms with Crippen LogP contribution in [0.4, 0.5) is 22.7 Å². The lowest BCUT2D eigenvalue weighted by Gasteiger charge is -2.34. The number of hydrogen-bond acceptors (Lipinski definition) is 12. The number of carbonyl (C=O) groups is 2. The van der Waals surface area contributed by atoms with E-state index in [1.165, 1.54) is 22.5 Å². The van der Waals surface area contributed by atoms with Crippen molar-refractivity contribution in [3.63, 3.8) is 0 Å². The minimum atomic E-state index is 0.0102. The number of aromatic amines is 2. The number of unbranched alkanes of at least 4 members (excludes halogenated alkanes) is 2. The number of Topliss-reactive ketones (excluding diaryl/α,β-unsaturated/α-hetero) is 1. The molecule has 1 amide bonds. The SMILES string of the molecule is CN1CCN(c2ccc3c(c2)N=C(c2ccc4c(c2)CC(c2cccc(OCCCC(=O)CCCCCNC(=O)CCCOc5cccc(-c6nc7ccc(-c8nc9ccc(N%10CCN(C)CC%10)cc9[nH]8)cc7[nH]6)c5)c2)=N4)C3)CC1. The lowest BCUT2D eigenvalue weighted by molar-refractivity contribution is -0.121. The number of ketones is 1. The van der Waals surface area contributed by atoms with Crippen molar-refractivity contribution in [2.75, 3.05) is 96.0 Å². The van der Waals surface area contributed by atoms with E-state index in [-0.39, 0.29) is 11.7 Å². The van der Waals surface area contributed by atoms with E-state index in [4.69, 9.17) is 29.4 Å². The van der Waals surface area contributed by atoms with Crippen LogP contribution < -0.4 is 24.6 Å². The third kappa shape index (κ3) is 12.5. The van der Waals surface area contributed by atoms with Gasteiger partial charge < -0.3 is 44.4 Å². The quantitative estimate of drug-likeness (QED) is 0.0558. The molecule has 80 heavy (non-hydrogen) atoms. The number of aliphatic imine (C=N–C) groups is 2. The molecule has 0 atom stereocenters. The largest absolute Gasteiger partial charge is 0.494 e. The lowest BCUT2D eigenvalue weighted by Crippen LogP contribution is -2.44. The number of carbonyl (C=O) groups excluding carboxylic acids is 2. The first-order valence-corrected chi connectivity index (χ1v) is 28.7. The van der Waals surface area contributed by atoms with Crippen LogP contribution in [0, 0.1) is 0 Å². The fourth-order valence-corrected chi connectivity index (χ4v) is 11.3. The van der Waals surface area contributed by atoms with Crippen molar-refractivity contribution in [1.29, 1.82) is 0 Å². The maximum Gasteiger partial charge on any atom is 0.220 e. The Kier molecular flexibility index (Phi) is 15.8. The van der Waals surface area contributed by atoms with Crippen LogP contribution in [0.25, 0.3) is 44.8 Å². The van der Waals surface area contributed by atoms with E-state index in [0.717, 1.165) is 175 Å². The number of ether oxygens (including phenoxy) is 2. The van der Waals surface area contributed by atoms with Crippen molar-refractivity contribution in [2.45, 2.75) is 64.2 Å². The van der Waals surface area contributed by atoms with E-state index in [1.54, 1.807) is 0 Å². The number of nitrogens with one attached hydrogen (secondary N) is 3. The first-order valence-electron chi connectivity index (χ1n) is 28.7. The van der Waals surface area contributed by atoms with E-state index < -0.39 is 0 Å². The summed E-state index contributed by atoms with van der Waals surface area (Å²) in [5.41, 5.74) is 17.1. The second-order valence-corrected chi connectivity index (χ2v) is 22.0. The number of piperazine rings is 2. The molecule has 0 bridgehead atoms. The summed E-state index contributed by atoms with van der Waals surface area (Å²) in [5.74, 6) is 3.35. The molecule has 4 aliphatic heterocycles. The summed E-state index contributed by atoms with van der Waals surface area (Å²) >= 11 is 0. The number of likely N-dealkylation sites (N-methyl/N-ethyl adjacent to an activating group) is 2. The number of aromatic nitrogens is 4. The molecule has 15 heteroatoms. The third-order valence-corrected chi connectivity index (χ3v) is 16.1. The van der Waals surface area contributed by atoms with Crippen molar-refractivity contribution < 1.29 is 19.1 Å². The molecule has 0 aliphatic carbocycles. The fourth-order valence-electron chi connectivity index (χ4n) is 11.3. The van der Waals surface area contributed by atoms with Gasteiger partial charge in [-0.05, 0) is 147 Å². The van der Waals surface area contributed by atoms with Crippen LogP contribution in [-0.4, -0.2) is 139 Å². The highest BCUT2D eigenvalue weighted by Gasteiger charge is 2.24. The van der Waals surface area contributed by atoms with Gasteiger partial charge in [-0.3, -0.25) is 19.6 Å². The van der Waals surface area contributed by atoms with Gasteiger partial charge in [0.2, 0.25) is 5.91 Å². The lowest BCUT2D eigenvalue weighted by atomic mass is 9.99. The molecule has 0 spiro atoms. The first-order chi connectivity index (χ1) is 39.2. The van der Waals surface area contributed by atoms with E-state index in [1.807, 2.05) is 42.5 Å². The van der Waals surface area contributed by atoms with Gasteiger partial charge in [-0.15, -0.1) is 0 Å². The van der Waals surface area contributed by atoms with Crippen LogP contribution in [0.2, 0.25) is 0 Å². The molecular formula is C65H71N11O4. The average Bonchev–Trinajstić information content (AvgIpc) is 4.33. The zero-order valence-corrected chi connectivity index (χ0v) is 46.1. The molecule has 6 aromatic carbocycles. The van der Waals surface area contributed by atoms with E-state index in [9.17, 15) is 9.59 Å². The Bertz CT molecular complexity index is 3600. The van der Waals surface area contributed by atoms with E-state index in [0.29, 0.717) is 51.9 Å². The number of benzene rings is 6. The summed E-state index contributed by atoms with van der Waals surface area (Å²) in [6.07, 6.45) is 6.82. The van der Waals surface area contributed by atoms with Gasteiger partial charge >= 0.3 is 0 Å². The van der Waals surface area contributed by atoms with Gasteiger partial charge in [0.15, 0.2) is 0 Å². The van der Waals surface area contributed by atoms with Gasteiger partial charge in [0, 0.05) is 114 Å². The minimum absolute atomic E-state index is 0.0102. The molecule has 4 aliphatic rings. The summed E-state index contributed by atoms with van der Waals surface area (Å²) in [7, 11) is 4.36. The number of H-pyrrole nitrogens is 2. The van der Waals surface area contributed by atoms with Crippen molar-refractivity contribution in [1.82, 2.24) is 35.1 Å². The summed E-state index contributed by atoms with van der Waals surface area (Å²) in [6, 6.07) is 42.0. The zero-order chi connectivity index (χ0) is 54.4. The fraction of sp³-hybridized carbons (Fsp3) is 0.354. The minimum Gasteiger partial charge on any atom is -0.494 e. The Labute approximate surface area is 468 Å². The monoisotopic (exact) mass is 1070 g/mol. The normalized spacial score (nSPS) is 15.5. The standard InChI is InChI=1S/C65H71N11O4/c1-73-26-30-75(31-27-73)50-20-17-46-39-58(68-60(46)42-50)45-18-22-55-49(36-45)41-59(67-55)44-10-6-14-53(37-44)79-34-8-13-52(77)12-4-3-5-25-66-63(78)16-9-35-80-54-15-7-11-47(38-54)64-69-56-23-19-48(40-61(56)71-64)65-70-57-24-21-51(43-62(57)72-65)76-32-28-74(2)29-33-76/h6-7,10-11,14-15,17-24,36-38,40,42-43H,3-5,8-9,12-13,16,25-35,39,41H2,1-2H3,(H,66,78)(H,69,71)(H,70,72). The Balaban J connectivity index is 0.515. The number of fused-ring (bicyclic) bond motifs is 4. The van der Waals surface area contributed by atoms with Crippen molar-refractivity contribution in [2.24, 2.45) is 9.98 Å². The molecule has 2 fully saturated rings. The maximum atomic E-state index is 12.7. The summed E-state index contributed by atoms with van der Waals surface area (Å²) in [4.78, 5) is 61.9. The van der Waals surface area contributed by atoms with Crippen LogP contribution in [0.3, 0.4) is 0 Å². The molecular weight excluding hydrogens is 999 g/mol. The Hall–Kier alpha value is -8.14. The van der Waals surface area contributed by atoms with Gasteiger partial charge in [-0.1, -0.05) is 42.8 Å². The molecule has 3 N–H and O–H groups in total. The molecule has 0 unspecified atom stereocenters. The maximum absolute atomic E-state index is 12.7. The number of amides is 1. The smallest absolute Gasteiger partial charge is 0.220 e. The zero-order valence-electron chi connectivity index (χ0n) is 46.1. The predicted octanol–water partition coefficient (Wildman–Crippen LogP) is 10.9. The second-order valence-electron chi connectivity index (χ2n) is 22.0. The third-order valence-electron chi connectivity index (χ3n) is 16.1. The topological polar surface area (TPSA) is 160 Å². The number of nitrogens with zero attached hydrogens (tertiary/aromatic N) is 8. The Morgan fingerprint density at radius 3 is 1.80 bits per heavy atom. The molecule has 8 aromatic rings. The molecule has 0 radical (unpaired) electrons.